The standard InChI is InChI=1S/C30H33N3O/c1-19(2)20-9-11-22(12-10-20)30-29-27(31-25-7-5-6-8-26(25)32-30)17-23(18-28(29)34)21-13-15-24(16-14-21)33(3)4/h5-16,19,23,30-32H,17-18H2,1-4H3. The molecule has 2 unspecified atom stereocenters. The van der Waals surface area contributed by atoms with E-state index in [-0.39, 0.29) is 17.7 Å². The van der Waals surface area contributed by atoms with E-state index in [9.17, 15) is 4.79 Å². The Morgan fingerprint density at radius 3 is 2.12 bits per heavy atom. The lowest BCUT2D eigenvalue weighted by atomic mass is 9.78. The number of nitrogens with zero attached hydrogens (tertiary/aromatic N) is 1. The number of fused-ring (bicyclic) bond motifs is 1. The van der Waals surface area contributed by atoms with Gasteiger partial charge < -0.3 is 15.5 Å². The molecule has 5 rings (SSSR count). The number of rotatable bonds is 4. The summed E-state index contributed by atoms with van der Waals surface area (Å²) in [6.07, 6.45) is 1.35. The van der Waals surface area contributed by atoms with Crippen molar-refractivity contribution in [3.63, 3.8) is 0 Å². The van der Waals surface area contributed by atoms with E-state index in [1.54, 1.807) is 0 Å². The fourth-order valence-electron chi connectivity index (χ4n) is 5.10. The van der Waals surface area contributed by atoms with Gasteiger partial charge in [0.2, 0.25) is 0 Å². The molecule has 0 fully saturated rings. The van der Waals surface area contributed by atoms with Crippen molar-refractivity contribution < 1.29 is 4.79 Å². The molecule has 3 aromatic rings. The lowest BCUT2D eigenvalue weighted by Crippen LogP contribution is -2.27. The number of carbonyl (C=O) groups is 1. The molecule has 4 heteroatoms. The van der Waals surface area contributed by atoms with Crippen LogP contribution < -0.4 is 15.5 Å². The number of nitrogens with one attached hydrogen (secondary N) is 2. The van der Waals surface area contributed by atoms with Crippen LogP contribution in [0.15, 0.2) is 84.1 Å². The van der Waals surface area contributed by atoms with Gasteiger partial charge in [0.05, 0.1) is 17.4 Å². The monoisotopic (exact) mass is 451 g/mol. The molecule has 2 N–H and O–H groups in total. The van der Waals surface area contributed by atoms with Crippen molar-refractivity contribution in [3.05, 3.63) is 101 Å². The van der Waals surface area contributed by atoms with Crippen molar-refractivity contribution in [1.29, 1.82) is 0 Å². The Morgan fingerprint density at radius 1 is 0.824 bits per heavy atom. The largest absolute Gasteiger partial charge is 0.378 e. The minimum Gasteiger partial charge on any atom is -0.378 e. The van der Waals surface area contributed by atoms with Crippen LogP contribution in [0.1, 0.15) is 61.3 Å². The Bertz CT molecular complexity index is 1220. The second kappa shape index (κ2) is 9.02. The Balaban J connectivity index is 1.54. The number of benzene rings is 3. The molecule has 0 amide bonds. The van der Waals surface area contributed by atoms with Crippen LogP contribution in [0.5, 0.6) is 0 Å². The normalized spacial score (nSPS) is 19.6. The third-order valence-electron chi connectivity index (χ3n) is 7.13. The molecule has 0 saturated heterocycles. The molecular weight excluding hydrogens is 418 g/mol. The average molecular weight is 452 g/mol. The van der Waals surface area contributed by atoms with E-state index in [1.807, 2.05) is 26.2 Å². The molecule has 3 aromatic carbocycles. The fourth-order valence-corrected chi connectivity index (χ4v) is 5.10. The highest BCUT2D eigenvalue weighted by Gasteiger charge is 2.36. The average Bonchev–Trinajstić information content (AvgIpc) is 3.01. The third-order valence-corrected chi connectivity index (χ3v) is 7.13. The van der Waals surface area contributed by atoms with Crippen LogP contribution >= 0.6 is 0 Å². The molecule has 1 aliphatic heterocycles. The molecule has 4 nitrogen and oxygen atoms in total. The summed E-state index contributed by atoms with van der Waals surface area (Å²) < 4.78 is 0. The summed E-state index contributed by atoms with van der Waals surface area (Å²) in [6, 6.07) is 25.4. The van der Waals surface area contributed by atoms with Gasteiger partial charge in [-0.15, -0.1) is 0 Å². The number of hydrogen-bond acceptors (Lipinski definition) is 4. The molecule has 0 aromatic heterocycles. The van der Waals surface area contributed by atoms with Gasteiger partial charge in [-0.2, -0.15) is 0 Å². The number of Topliss-reactive ketones (excluding diaryl/α,β-unsaturated/α-hetero) is 1. The van der Waals surface area contributed by atoms with E-state index in [2.05, 4.69) is 90.0 Å². The first-order valence-corrected chi connectivity index (χ1v) is 12.2. The van der Waals surface area contributed by atoms with Crippen molar-refractivity contribution in [3.8, 4) is 0 Å². The van der Waals surface area contributed by atoms with E-state index in [4.69, 9.17) is 0 Å². The molecule has 1 aliphatic carbocycles. The minimum absolute atomic E-state index is 0.170. The lowest BCUT2D eigenvalue weighted by molar-refractivity contribution is -0.116. The first kappa shape index (κ1) is 22.3. The van der Waals surface area contributed by atoms with Gasteiger partial charge >= 0.3 is 0 Å². The van der Waals surface area contributed by atoms with Crippen molar-refractivity contribution in [2.75, 3.05) is 29.6 Å². The summed E-state index contributed by atoms with van der Waals surface area (Å²) in [5, 5.41) is 7.32. The van der Waals surface area contributed by atoms with Crippen LogP contribution in [0.3, 0.4) is 0 Å². The molecule has 2 atom stereocenters. The molecule has 0 spiro atoms. The maximum absolute atomic E-state index is 13.7. The van der Waals surface area contributed by atoms with Crippen molar-refractivity contribution in [2.45, 2.75) is 44.6 Å². The number of ketones is 1. The predicted octanol–water partition coefficient (Wildman–Crippen LogP) is 6.86. The Morgan fingerprint density at radius 2 is 1.47 bits per heavy atom. The van der Waals surface area contributed by atoms with Crippen LogP contribution in [0.2, 0.25) is 0 Å². The van der Waals surface area contributed by atoms with Gasteiger partial charge in [-0.1, -0.05) is 62.4 Å². The first-order valence-electron chi connectivity index (χ1n) is 12.2. The molecular formula is C30H33N3O. The zero-order chi connectivity index (χ0) is 23.8. The second-order valence-electron chi connectivity index (χ2n) is 9.98. The smallest absolute Gasteiger partial charge is 0.163 e. The number of allylic oxidation sites excluding steroid dienone is 1. The quantitative estimate of drug-likeness (QED) is 0.455. The lowest BCUT2D eigenvalue weighted by Gasteiger charge is -2.30. The summed E-state index contributed by atoms with van der Waals surface area (Å²) in [5.41, 5.74) is 8.76. The molecule has 0 radical (unpaired) electrons. The maximum Gasteiger partial charge on any atom is 0.163 e. The van der Waals surface area contributed by atoms with Crippen molar-refractivity contribution >= 4 is 22.8 Å². The van der Waals surface area contributed by atoms with E-state index in [0.29, 0.717) is 12.3 Å². The topological polar surface area (TPSA) is 44.4 Å². The van der Waals surface area contributed by atoms with Crippen LogP contribution in [-0.2, 0) is 4.79 Å². The Labute approximate surface area is 202 Å². The fraction of sp³-hybridized carbons (Fsp3) is 0.300. The summed E-state index contributed by atoms with van der Waals surface area (Å²) in [4.78, 5) is 15.8. The maximum atomic E-state index is 13.7. The van der Waals surface area contributed by atoms with Gasteiger partial charge in [-0.05, 0) is 59.2 Å². The third kappa shape index (κ3) is 4.21. The number of para-hydroxylation sites is 2. The van der Waals surface area contributed by atoms with Crippen LogP contribution in [-0.4, -0.2) is 19.9 Å². The van der Waals surface area contributed by atoms with Crippen LogP contribution in [0.4, 0.5) is 17.1 Å². The predicted molar refractivity (Wildman–Crippen MR) is 142 cm³/mol. The molecule has 2 aliphatic rings. The molecule has 174 valence electrons. The summed E-state index contributed by atoms with van der Waals surface area (Å²) in [6.45, 7) is 4.41. The molecule has 0 saturated carbocycles. The highest BCUT2D eigenvalue weighted by atomic mass is 16.1. The summed E-state index contributed by atoms with van der Waals surface area (Å²) in [7, 11) is 4.09. The van der Waals surface area contributed by atoms with Gasteiger partial charge in [0.15, 0.2) is 5.78 Å². The zero-order valence-corrected chi connectivity index (χ0v) is 20.4. The highest BCUT2D eigenvalue weighted by molar-refractivity contribution is 6.01. The van der Waals surface area contributed by atoms with E-state index in [1.165, 1.54) is 16.8 Å². The van der Waals surface area contributed by atoms with Gasteiger partial charge in [0.25, 0.3) is 0 Å². The van der Waals surface area contributed by atoms with Gasteiger partial charge in [0, 0.05) is 37.5 Å². The SMILES string of the molecule is CC(C)c1ccc(C2Nc3ccccc3NC3=C2C(=O)CC(c2ccc(N(C)C)cc2)C3)cc1. The Kier molecular flexibility index (Phi) is 5.91. The molecule has 0 bridgehead atoms. The summed E-state index contributed by atoms with van der Waals surface area (Å²) >= 11 is 0. The van der Waals surface area contributed by atoms with Gasteiger partial charge in [-0.3, -0.25) is 4.79 Å². The number of anilines is 3. The van der Waals surface area contributed by atoms with E-state index < -0.39 is 0 Å². The van der Waals surface area contributed by atoms with E-state index in [0.717, 1.165) is 34.6 Å². The van der Waals surface area contributed by atoms with E-state index >= 15 is 0 Å². The highest BCUT2D eigenvalue weighted by Crippen LogP contribution is 2.44. The zero-order valence-electron chi connectivity index (χ0n) is 20.4. The van der Waals surface area contributed by atoms with Crippen LogP contribution in [0.25, 0.3) is 0 Å². The number of hydrogen-bond donors (Lipinski definition) is 2. The number of carbonyl (C=O) groups excluding carboxylic acids is 1. The Hall–Kier alpha value is -3.53. The molecule has 1 heterocycles. The van der Waals surface area contributed by atoms with Crippen LogP contribution in [0, 0.1) is 0 Å². The summed E-state index contributed by atoms with van der Waals surface area (Å²) in [5.74, 6) is 0.863. The van der Waals surface area contributed by atoms with Gasteiger partial charge in [0.1, 0.15) is 0 Å². The minimum atomic E-state index is -0.170. The first-order chi connectivity index (χ1) is 16.4. The molecule has 34 heavy (non-hydrogen) atoms. The second-order valence-corrected chi connectivity index (χ2v) is 9.98. The van der Waals surface area contributed by atoms with Crippen molar-refractivity contribution in [2.24, 2.45) is 0 Å². The van der Waals surface area contributed by atoms with Gasteiger partial charge in [-0.25, -0.2) is 0 Å². The van der Waals surface area contributed by atoms with Crippen molar-refractivity contribution in [1.82, 2.24) is 0 Å².